The molecule has 0 atom stereocenters. The second-order valence-corrected chi connectivity index (χ2v) is 11.9. The van der Waals surface area contributed by atoms with Gasteiger partial charge in [0.15, 0.2) is 0 Å². The van der Waals surface area contributed by atoms with E-state index in [2.05, 4.69) is 10.0 Å². The van der Waals surface area contributed by atoms with Gasteiger partial charge in [0.2, 0.25) is 5.91 Å². The quantitative estimate of drug-likeness (QED) is 0.661. The molecule has 0 unspecified atom stereocenters. The van der Waals surface area contributed by atoms with Crippen molar-refractivity contribution in [1.29, 1.82) is 0 Å². The van der Waals surface area contributed by atoms with Gasteiger partial charge in [0.05, 0.1) is 0 Å². The molecule has 1 saturated heterocycles. The van der Waals surface area contributed by atoms with Crippen LogP contribution in [0.3, 0.4) is 0 Å². The van der Waals surface area contributed by atoms with Gasteiger partial charge in [-0.3, -0.25) is 4.79 Å². The number of carbonyl (C=O) groups is 2. The lowest BCUT2D eigenvalue weighted by Gasteiger charge is -2.32. The fourth-order valence-electron chi connectivity index (χ4n) is 4.31. The first-order chi connectivity index (χ1) is 16.4. The third kappa shape index (κ3) is 5.82. The Morgan fingerprint density at radius 3 is 2.23 bits per heavy atom. The van der Waals surface area contributed by atoms with Crippen molar-refractivity contribution in [3.8, 4) is 0 Å². The molecule has 10 heteroatoms. The smallest absolute Gasteiger partial charge is 0.316 e. The first kappa shape index (κ1) is 25.1. The van der Waals surface area contributed by atoms with Crippen LogP contribution >= 0.6 is 0 Å². The number of nitrogens with one attached hydrogen (secondary N) is 2. The molecule has 3 amide bonds. The van der Waals surface area contributed by atoms with Crippen molar-refractivity contribution in [3.05, 3.63) is 65.0 Å². The standard InChI is InChI=1S/C25H31FN4O4S/c1-25(2,3)23(31)28-35(33,34)30-12-10-18(11-13-30)17-5-8-22(9-6-17)27-24(32)29-15-19-4-7-21(26)14-20(19)16-29/h4-9,14,18H,10-13,15-16H2,1-3H3,(H,27,32)(H,28,31). The van der Waals surface area contributed by atoms with E-state index < -0.39 is 21.5 Å². The van der Waals surface area contributed by atoms with Crippen LogP contribution in [0.15, 0.2) is 42.5 Å². The summed E-state index contributed by atoms with van der Waals surface area (Å²) < 4.78 is 42.1. The number of fused-ring (bicyclic) bond motifs is 1. The maximum absolute atomic E-state index is 13.4. The zero-order chi connectivity index (χ0) is 25.4. The summed E-state index contributed by atoms with van der Waals surface area (Å²) in [6.07, 6.45) is 1.28. The van der Waals surface area contributed by atoms with Crippen molar-refractivity contribution in [2.24, 2.45) is 5.41 Å². The van der Waals surface area contributed by atoms with Gasteiger partial charge < -0.3 is 10.2 Å². The monoisotopic (exact) mass is 502 g/mol. The van der Waals surface area contributed by atoms with Crippen LogP contribution in [0.4, 0.5) is 14.9 Å². The van der Waals surface area contributed by atoms with Gasteiger partial charge in [-0.1, -0.05) is 39.0 Å². The molecule has 0 saturated carbocycles. The van der Waals surface area contributed by atoms with E-state index in [0.717, 1.165) is 16.7 Å². The van der Waals surface area contributed by atoms with Gasteiger partial charge in [-0.05, 0) is 59.7 Å². The Balaban J connectivity index is 1.30. The molecule has 1 fully saturated rings. The average molecular weight is 503 g/mol. The third-order valence-corrected chi connectivity index (χ3v) is 8.00. The number of carbonyl (C=O) groups excluding carboxylic acids is 2. The van der Waals surface area contributed by atoms with Crippen molar-refractivity contribution in [2.45, 2.75) is 52.6 Å². The number of nitrogens with zero attached hydrogens (tertiary/aromatic N) is 2. The summed E-state index contributed by atoms with van der Waals surface area (Å²) in [7, 11) is -3.86. The van der Waals surface area contributed by atoms with Crippen LogP contribution in [0, 0.1) is 11.2 Å². The Kier molecular flexibility index (Phi) is 6.88. The number of hydrogen-bond donors (Lipinski definition) is 2. The Labute approximate surface area is 205 Å². The molecule has 0 bridgehead atoms. The maximum atomic E-state index is 13.4. The molecule has 0 radical (unpaired) electrons. The molecule has 0 aromatic heterocycles. The highest BCUT2D eigenvalue weighted by atomic mass is 32.2. The first-order valence-corrected chi connectivity index (χ1v) is 13.1. The average Bonchev–Trinajstić information content (AvgIpc) is 3.22. The highest BCUT2D eigenvalue weighted by Gasteiger charge is 2.33. The third-order valence-electron chi connectivity index (χ3n) is 6.51. The van der Waals surface area contributed by atoms with Crippen LogP contribution in [-0.4, -0.2) is 42.7 Å². The van der Waals surface area contributed by atoms with Gasteiger partial charge >= 0.3 is 16.2 Å². The zero-order valence-corrected chi connectivity index (χ0v) is 21.0. The van der Waals surface area contributed by atoms with E-state index in [-0.39, 0.29) is 17.8 Å². The molecule has 0 aliphatic carbocycles. The summed E-state index contributed by atoms with van der Waals surface area (Å²) in [6.45, 7) is 6.47. The second kappa shape index (κ2) is 9.58. The lowest BCUT2D eigenvalue weighted by Crippen LogP contribution is -2.49. The van der Waals surface area contributed by atoms with Gasteiger partial charge in [-0.2, -0.15) is 12.7 Å². The predicted molar refractivity (Wildman–Crippen MR) is 131 cm³/mol. The number of piperidine rings is 1. The molecule has 8 nitrogen and oxygen atoms in total. The molecule has 2 N–H and O–H groups in total. The second-order valence-electron chi connectivity index (χ2n) is 10.2. The van der Waals surface area contributed by atoms with Crippen molar-refractivity contribution in [1.82, 2.24) is 13.9 Å². The molecule has 0 spiro atoms. The molecule has 2 aliphatic heterocycles. The Bertz CT molecular complexity index is 1220. The van der Waals surface area contributed by atoms with Crippen LogP contribution in [0.25, 0.3) is 0 Å². The van der Waals surface area contributed by atoms with E-state index in [0.29, 0.717) is 44.7 Å². The molecular weight excluding hydrogens is 471 g/mol. The van der Waals surface area contributed by atoms with Crippen molar-refractivity contribution in [2.75, 3.05) is 18.4 Å². The molecular formula is C25H31FN4O4S. The van der Waals surface area contributed by atoms with Gasteiger partial charge in [-0.15, -0.1) is 0 Å². The van der Waals surface area contributed by atoms with Crippen LogP contribution in [0.1, 0.15) is 56.2 Å². The molecule has 35 heavy (non-hydrogen) atoms. The Morgan fingerprint density at radius 2 is 1.60 bits per heavy atom. The summed E-state index contributed by atoms with van der Waals surface area (Å²) >= 11 is 0. The minimum Gasteiger partial charge on any atom is -0.316 e. The summed E-state index contributed by atoms with van der Waals surface area (Å²) in [5, 5.41) is 2.89. The van der Waals surface area contributed by atoms with E-state index in [4.69, 9.17) is 0 Å². The minimum absolute atomic E-state index is 0.187. The van der Waals surface area contributed by atoms with Gasteiger partial charge in [0, 0.05) is 37.3 Å². The zero-order valence-electron chi connectivity index (χ0n) is 20.2. The van der Waals surface area contributed by atoms with Gasteiger partial charge in [-0.25, -0.2) is 13.9 Å². The van der Waals surface area contributed by atoms with Crippen LogP contribution < -0.4 is 10.0 Å². The summed E-state index contributed by atoms with van der Waals surface area (Å²) in [5.74, 6) is -0.644. The topological polar surface area (TPSA) is 98.8 Å². The summed E-state index contributed by atoms with van der Waals surface area (Å²) in [5.41, 5.74) is 2.71. The van der Waals surface area contributed by atoms with E-state index in [9.17, 15) is 22.4 Å². The highest BCUT2D eigenvalue weighted by Crippen LogP contribution is 2.30. The number of halogens is 1. The van der Waals surface area contributed by atoms with Crippen LogP contribution in [0.2, 0.25) is 0 Å². The maximum Gasteiger partial charge on any atom is 0.322 e. The van der Waals surface area contributed by atoms with Crippen LogP contribution in [-0.2, 0) is 28.1 Å². The fraction of sp³-hybridized carbons (Fsp3) is 0.440. The Hall–Kier alpha value is -2.98. The number of urea groups is 1. The van der Waals surface area contributed by atoms with Gasteiger partial charge in [0.1, 0.15) is 5.82 Å². The number of benzene rings is 2. The van der Waals surface area contributed by atoms with E-state index in [1.807, 2.05) is 24.3 Å². The van der Waals surface area contributed by atoms with Crippen molar-refractivity contribution >= 4 is 27.8 Å². The number of anilines is 1. The molecule has 188 valence electrons. The lowest BCUT2D eigenvalue weighted by molar-refractivity contribution is -0.126. The van der Waals surface area contributed by atoms with E-state index in [1.54, 1.807) is 31.7 Å². The highest BCUT2D eigenvalue weighted by molar-refractivity contribution is 7.87. The SMILES string of the molecule is CC(C)(C)C(=O)NS(=O)(=O)N1CCC(c2ccc(NC(=O)N3Cc4ccc(F)cc4C3)cc2)CC1. The lowest BCUT2D eigenvalue weighted by atomic mass is 9.90. The fourth-order valence-corrected chi connectivity index (χ4v) is 5.67. The largest absolute Gasteiger partial charge is 0.322 e. The molecule has 2 aromatic carbocycles. The van der Waals surface area contributed by atoms with E-state index in [1.165, 1.54) is 16.4 Å². The number of hydrogen-bond acceptors (Lipinski definition) is 4. The summed E-state index contributed by atoms with van der Waals surface area (Å²) in [6, 6.07) is 11.9. The number of amides is 3. The predicted octanol–water partition coefficient (Wildman–Crippen LogP) is 3.96. The molecule has 2 heterocycles. The Morgan fingerprint density at radius 1 is 0.971 bits per heavy atom. The molecule has 4 rings (SSSR count). The van der Waals surface area contributed by atoms with Crippen LogP contribution in [0.5, 0.6) is 0 Å². The van der Waals surface area contributed by atoms with Gasteiger partial charge in [0.25, 0.3) is 0 Å². The summed E-state index contributed by atoms with van der Waals surface area (Å²) in [4.78, 5) is 26.4. The van der Waals surface area contributed by atoms with Crippen molar-refractivity contribution < 1.29 is 22.4 Å². The first-order valence-electron chi connectivity index (χ1n) is 11.7. The molecule has 2 aliphatic rings. The minimum atomic E-state index is -3.86. The molecule has 2 aromatic rings. The number of rotatable bonds is 4. The van der Waals surface area contributed by atoms with E-state index >= 15 is 0 Å². The normalized spacial score (nSPS) is 17.2. The van der Waals surface area contributed by atoms with Crippen molar-refractivity contribution in [3.63, 3.8) is 0 Å².